The highest BCUT2D eigenvalue weighted by atomic mass is 35.5. The van der Waals surface area contributed by atoms with E-state index in [4.69, 9.17) is 16.7 Å². The summed E-state index contributed by atoms with van der Waals surface area (Å²) in [5, 5.41) is 13.8. The number of aromatic nitrogens is 2. The lowest BCUT2D eigenvalue weighted by Gasteiger charge is -2.14. The van der Waals surface area contributed by atoms with Gasteiger partial charge in [0.2, 0.25) is 5.95 Å². The van der Waals surface area contributed by atoms with Crippen LogP contribution in [0, 0.1) is 5.82 Å². The van der Waals surface area contributed by atoms with Gasteiger partial charge in [-0.2, -0.15) is 13.2 Å². The molecule has 0 atom stereocenters. The Kier molecular flexibility index (Phi) is 6.58. The van der Waals surface area contributed by atoms with Crippen molar-refractivity contribution in [2.45, 2.75) is 12.7 Å². The molecule has 0 unspecified atom stereocenters. The van der Waals surface area contributed by atoms with Gasteiger partial charge in [0.25, 0.3) is 5.91 Å². The molecule has 0 saturated carbocycles. The third-order valence-electron chi connectivity index (χ3n) is 4.07. The number of carbonyl (C=O) groups is 2. The summed E-state index contributed by atoms with van der Waals surface area (Å²) < 4.78 is 53.5. The van der Waals surface area contributed by atoms with Gasteiger partial charge in [0.1, 0.15) is 5.82 Å². The van der Waals surface area contributed by atoms with E-state index in [2.05, 4.69) is 20.6 Å². The summed E-state index contributed by atoms with van der Waals surface area (Å²) in [4.78, 5) is 30.5. The van der Waals surface area contributed by atoms with Gasteiger partial charge in [0.15, 0.2) is 5.69 Å². The minimum Gasteiger partial charge on any atom is -0.478 e. The fourth-order valence-corrected chi connectivity index (χ4v) is 2.85. The third kappa shape index (κ3) is 5.70. The van der Waals surface area contributed by atoms with Crippen molar-refractivity contribution in [3.05, 3.63) is 81.9 Å². The molecule has 3 rings (SSSR count). The van der Waals surface area contributed by atoms with Crippen molar-refractivity contribution in [1.82, 2.24) is 15.3 Å². The number of benzene rings is 2. The Balaban J connectivity index is 1.85. The van der Waals surface area contributed by atoms with Crippen molar-refractivity contribution in [1.29, 1.82) is 0 Å². The Morgan fingerprint density at radius 1 is 1.09 bits per heavy atom. The molecule has 3 N–H and O–H groups in total. The zero-order valence-electron chi connectivity index (χ0n) is 15.9. The molecule has 0 aliphatic rings. The van der Waals surface area contributed by atoms with Crippen molar-refractivity contribution in [2.75, 3.05) is 5.32 Å². The second-order valence-corrected chi connectivity index (χ2v) is 6.86. The van der Waals surface area contributed by atoms with E-state index in [-0.39, 0.29) is 22.8 Å². The highest BCUT2D eigenvalue weighted by Crippen LogP contribution is 2.31. The normalized spacial score (nSPS) is 11.2. The van der Waals surface area contributed by atoms with Crippen molar-refractivity contribution in [3.63, 3.8) is 0 Å². The van der Waals surface area contributed by atoms with Crippen molar-refractivity contribution in [2.24, 2.45) is 0 Å². The zero-order chi connectivity index (χ0) is 23.5. The predicted octanol–water partition coefficient (Wildman–Crippen LogP) is 4.66. The summed E-state index contributed by atoms with van der Waals surface area (Å²) in [6.07, 6.45) is -4.29. The van der Waals surface area contributed by atoms with Gasteiger partial charge in [0, 0.05) is 23.5 Å². The Morgan fingerprint density at radius 3 is 2.41 bits per heavy atom. The van der Waals surface area contributed by atoms with E-state index >= 15 is 0 Å². The summed E-state index contributed by atoms with van der Waals surface area (Å²) in [6.45, 7) is -0.142. The van der Waals surface area contributed by atoms with E-state index in [1.807, 2.05) is 0 Å². The van der Waals surface area contributed by atoms with E-state index in [9.17, 15) is 27.2 Å². The van der Waals surface area contributed by atoms with Crippen molar-refractivity contribution < 1.29 is 32.3 Å². The van der Waals surface area contributed by atoms with Crippen LogP contribution in [0.3, 0.4) is 0 Å². The van der Waals surface area contributed by atoms with Gasteiger partial charge in [0.05, 0.1) is 11.1 Å². The SMILES string of the molecule is O=C(O)c1cc(Cl)cc(Nc2ncc(C(=O)NCc3ccc(F)cc3)c(C(F)(F)F)n2)c1. The van der Waals surface area contributed by atoms with Crippen molar-refractivity contribution >= 4 is 35.1 Å². The molecule has 3 aromatic rings. The topological polar surface area (TPSA) is 104 Å². The number of alkyl halides is 3. The summed E-state index contributed by atoms with van der Waals surface area (Å²) >= 11 is 5.83. The van der Waals surface area contributed by atoms with Crippen LogP contribution < -0.4 is 10.6 Å². The molecule has 0 saturated heterocycles. The monoisotopic (exact) mass is 468 g/mol. The summed E-state index contributed by atoms with van der Waals surface area (Å²) in [7, 11) is 0. The lowest BCUT2D eigenvalue weighted by atomic mass is 10.2. The third-order valence-corrected chi connectivity index (χ3v) is 4.29. The molecule has 12 heteroatoms. The van der Waals surface area contributed by atoms with Gasteiger partial charge in [-0.3, -0.25) is 4.79 Å². The number of carboxylic acid groups (broad SMARTS) is 1. The second kappa shape index (κ2) is 9.18. The molecule has 7 nitrogen and oxygen atoms in total. The summed E-state index contributed by atoms with van der Waals surface area (Å²) in [6, 6.07) is 8.61. The molecule has 0 aliphatic carbocycles. The molecule has 0 spiro atoms. The molecule has 0 bridgehead atoms. The number of anilines is 2. The number of rotatable bonds is 6. The molecular weight excluding hydrogens is 456 g/mol. The first-order chi connectivity index (χ1) is 15.0. The van der Waals surface area contributed by atoms with E-state index in [0.717, 1.165) is 24.3 Å². The van der Waals surface area contributed by atoms with Gasteiger partial charge in [-0.25, -0.2) is 19.2 Å². The van der Waals surface area contributed by atoms with Gasteiger partial charge in [-0.1, -0.05) is 23.7 Å². The number of halogens is 5. The van der Waals surface area contributed by atoms with Crippen molar-refractivity contribution in [3.8, 4) is 0 Å². The largest absolute Gasteiger partial charge is 0.478 e. The standard InChI is InChI=1S/C20H13ClF4N4O3/c21-12-5-11(18(31)32)6-14(7-12)28-19-27-9-15(16(29-19)20(23,24)25)17(30)26-8-10-1-3-13(22)4-2-10/h1-7,9H,8H2,(H,26,30)(H,31,32)(H,27,28,29). The Morgan fingerprint density at radius 2 is 1.78 bits per heavy atom. The van der Waals surface area contributed by atoms with E-state index < -0.39 is 41.1 Å². The molecule has 1 amide bonds. The van der Waals surface area contributed by atoms with E-state index in [1.165, 1.54) is 18.2 Å². The van der Waals surface area contributed by atoms with Gasteiger partial charge in [-0.05, 0) is 35.9 Å². The highest BCUT2D eigenvalue weighted by Gasteiger charge is 2.38. The lowest BCUT2D eigenvalue weighted by molar-refractivity contribution is -0.141. The first-order valence-corrected chi connectivity index (χ1v) is 9.18. The zero-order valence-corrected chi connectivity index (χ0v) is 16.6. The van der Waals surface area contributed by atoms with Crippen LogP contribution in [0.15, 0.2) is 48.7 Å². The smallest absolute Gasteiger partial charge is 0.434 e. The van der Waals surface area contributed by atoms with Crippen LogP contribution >= 0.6 is 11.6 Å². The number of hydrogen-bond donors (Lipinski definition) is 3. The molecule has 1 heterocycles. The quantitative estimate of drug-likeness (QED) is 0.455. The number of carboxylic acids is 1. The molecule has 0 radical (unpaired) electrons. The highest BCUT2D eigenvalue weighted by molar-refractivity contribution is 6.31. The maximum atomic E-state index is 13.5. The lowest BCUT2D eigenvalue weighted by Crippen LogP contribution is -2.27. The molecule has 0 fully saturated rings. The van der Waals surface area contributed by atoms with E-state index in [0.29, 0.717) is 11.8 Å². The van der Waals surface area contributed by atoms with Gasteiger partial charge in [-0.15, -0.1) is 0 Å². The molecule has 2 aromatic carbocycles. The minimum absolute atomic E-state index is 0.0280. The fraction of sp³-hybridized carbons (Fsp3) is 0.100. The molecule has 0 aliphatic heterocycles. The molecule has 166 valence electrons. The van der Waals surface area contributed by atoms with Crippen LogP contribution in [0.25, 0.3) is 0 Å². The first kappa shape index (κ1) is 22.9. The van der Waals surface area contributed by atoms with Crippen LogP contribution in [-0.4, -0.2) is 27.0 Å². The van der Waals surface area contributed by atoms with Crippen LogP contribution in [0.4, 0.5) is 29.2 Å². The number of nitrogens with zero attached hydrogens (tertiary/aromatic N) is 2. The summed E-state index contributed by atoms with van der Waals surface area (Å²) in [5.41, 5.74) is -2.00. The average molecular weight is 469 g/mol. The van der Waals surface area contributed by atoms with Crippen LogP contribution in [0.2, 0.25) is 5.02 Å². The average Bonchev–Trinajstić information content (AvgIpc) is 2.72. The maximum absolute atomic E-state index is 13.5. The maximum Gasteiger partial charge on any atom is 0.434 e. The minimum atomic E-state index is -4.98. The number of hydrogen-bond acceptors (Lipinski definition) is 5. The summed E-state index contributed by atoms with van der Waals surface area (Å²) in [5.74, 6) is -3.39. The first-order valence-electron chi connectivity index (χ1n) is 8.80. The van der Waals surface area contributed by atoms with Gasteiger partial charge >= 0.3 is 12.1 Å². The molecular formula is C20H13ClF4N4O3. The van der Waals surface area contributed by atoms with Crippen LogP contribution in [-0.2, 0) is 12.7 Å². The Hall–Kier alpha value is -3.73. The number of carbonyl (C=O) groups excluding carboxylic acids is 1. The Bertz CT molecular complexity index is 1170. The fourth-order valence-electron chi connectivity index (χ4n) is 2.62. The second-order valence-electron chi connectivity index (χ2n) is 6.42. The number of nitrogens with one attached hydrogen (secondary N) is 2. The molecule has 32 heavy (non-hydrogen) atoms. The number of amides is 1. The Labute approximate surface area is 183 Å². The molecule has 1 aromatic heterocycles. The van der Waals surface area contributed by atoms with Gasteiger partial charge < -0.3 is 15.7 Å². The predicted molar refractivity (Wildman–Crippen MR) is 106 cm³/mol. The van der Waals surface area contributed by atoms with Crippen LogP contribution in [0.5, 0.6) is 0 Å². The van der Waals surface area contributed by atoms with E-state index in [1.54, 1.807) is 0 Å². The van der Waals surface area contributed by atoms with Crippen LogP contribution in [0.1, 0.15) is 32.0 Å². The number of aromatic carboxylic acids is 1.